The fraction of sp³-hybridized carbons (Fsp3) is 0.357. The van der Waals surface area contributed by atoms with Gasteiger partial charge in [-0.2, -0.15) is 0 Å². The van der Waals surface area contributed by atoms with Crippen molar-refractivity contribution in [3.05, 3.63) is 47.8 Å². The Morgan fingerprint density at radius 1 is 1.47 bits per heavy atom. The minimum atomic E-state index is -0.348. The van der Waals surface area contributed by atoms with Crippen molar-refractivity contribution >= 4 is 0 Å². The number of rotatable bonds is 5. The number of halogens is 1. The number of hydrogen-bond donors (Lipinski definition) is 1. The Morgan fingerprint density at radius 2 is 2.26 bits per heavy atom. The van der Waals surface area contributed by atoms with Gasteiger partial charge in [0.2, 0.25) is 0 Å². The largest absolute Gasteiger partial charge is 0.494 e. The molecule has 0 saturated heterocycles. The highest BCUT2D eigenvalue weighted by atomic mass is 19.1. The third-order valence-corrected chi connectivity index (χ3v) is 3.05. The Labute approximate surface area is 112 Å². The lowest BCUT2D eigenvalue weighted by Gasteiger charge is -2.19. The molecule has 1 N–H and O–H groups in total. The molecule has 2 rings (SSSR count). The second-order valence-electron chi connectivity index (χ2n) is 4.25. The van der Waals surface area contributed by atoms with Gasteiger partial charge < -0.3 is 14.6 Å². The van der Waals surface area contributed by atoms with E-state index in [-0.39, 0.29) is 17.6 Å². The van der Waals surface area contributed by atoms with Gasteiger partial charge in [-0.15, -0.1) is 0 Å². The van der Waals surface area contributed by atoms with Crippen molar-refractivity contribution in [2.24, 2.45) is 7.05 Å². The molecule has 0 radical (unpaired) electrons. The Morgan fingerprint density at radius 3 is 2.84 bits per heavy atom. The minimum absolute atomic E-state index is 0.245. The summed E-state index contributed by atoms with van der Waals surface area (Å²) in [5.74, 6) is 0.669. The Balaban J connectivity index is 2.48. The lowest BCUT2D eigenvalue weighted by molar-refractivity contribution is 0.381. The Bertz CT molecular complexity index is 553. The van der Waals surface area contributed by atoms with Gasteiger partial charge in [0.1, 0.15) is 5.82 Å². The zero-order chi connectivity index (χ0) is 13.8. The van der Waals surface area contributed by atoms with Crippen molar-refractivity contribution in [1.82, 2.24) is 14.9 Å². The maximum atomic E-state index is 14.4. The number of ether oxygens (including phenoxy) is 1. The number of nitrogens with zero attached hydrogens (tertiary/aromatic N) is 2. The van der Waals surface area contributed by atoms with Crippen LogP contribution in [-0.4, -0.2) is 23.2 Å². The third kappa shape index (κ3) is 2.61. The quantitative estimate of drug-likeness (QED) is 0.899. The Kier molecular flexibility index (Phi) is 4.16. The summed E-state index contributed by atoms with van der Waals surface area (Å²) in [6.07, 6.45) is 3.55. The van der Waals surface area contributed by atoms with E-state index in [1.807, 2.05) is 24.7 Å². The number of aromatic nitrogens is 2. The molecule has 1 atom stereocenters. The maximum Gasteiger partial charge on any atom is 0.170 e. The first-order valence-corrected chi connectivity index (χ1v) is 6.22. The molecule has 4 nitrogen and oxygen atoms in total. The number of imidazole rings is 1. The van der Waals surface area contributed by atoms with Crippen molar-refractivity contribution in [2.45, 2.75) is 13.0 Å². The van der Waals surface area contributed by atoms with E-state index in [9.17, 15) is 4.39 Å². The van der Waals surface area contributed by atoms with Crippen LogP contribution in [0.25, 0.3) is 0 Å². The summed E-state index contributed by atoms with van der Waals surface area (Å²) in [5, 5.41) is 3.26. The lowest BCUT2D eigenvalue weighted by atomic mass is 10.0. The third-order valence-electron chi connectivity index (χ3n) is 3.05. The maximum absolute atomic E-state index is 14.4. The summed E-state index contributed by atoms with van der Waals surface area (Å²) in [4.78, 5) is 4.30. The van der Waals surface area contributed by atoms with Gasteiger partial charge in [0.05, 0.1) is 13.2 Å². The first-order valence-electron chi connectivity index (χ1n) is 6.22. The molecule has 2 aromatic rings. The molecule has 19 heavy (non-hydrogen) atoms. The van der Waals surface area contributed by atoms with Crippen LogP contribution in [0.3, 0.4) is 0 Å². The molecule has 0 spiro atoms. The summed E-state index contributed by atoms with van der Waals surface area (Å²) in [6, 6.07) is 4.85. The molecule has 1 aromatic carbocycles. The second kappa shape index (κ2) is 5.84. The highest BCUT2D eigenvalue weighted by Gasteiger charge is 2.22. The average molecular weight is 263 g/mol. The molecule has 0 bridgehead atoms. The van der Waals surface area contributed by atoms with E-state index < -0.39 is 0 Å². The number of hydrogen-bond acceptors (Lipinski definition) is 3. The molecule has 0 saturated carbocycles. The molecule has 0 aliphatic rings. The number of benzene rings is 1. The molecular formula is C14H18FN3O. The first-order chi connectivity index (χ1) is 9.19. The van der Waals surface area contributed by atoms with Crippen molar-refractivity contribution in [3.63, 3.8) is 0 Å². The fourth-order valence-corrected chi connectivity index (χ4v) is 2.11. The van der Waals surface area contributed by atoms with E-state index in [2.05, 4.69) is 10.3 Å². The lowest BCUT2D eigenvalue weighted by Crippen LogP contribution is -2.25. The molecule has 5 heteroatoms. The van der Waals surface area contributed by atoms with Crippen LogP contribution in [0.1, 0.15) is 24.4 Å². The van der Waals surface area contributed by atoms with Gasteiger partial charge in [-0.1, -0.05) is 19.1 Å². The predicted molar refractivity (Wildman–Crippen MR) is 71.7 cm³/mol. The van der Waals surface area contributed by atoms with E-state index in [0.717, 1.165) is 5.82 Å². The number of nitrogens with one attached hydrogen (secondary N) is 1. The van der Waals surface area contributed by atoms with E-state index in [4.69, 9.17) is 4.74 Å². The van der Waals surface area contributed by atoms with Crippen LogP contribution in [-0.2, 0) is 7.05 Å². The van der Waals surface area contributed by atoms with Crippen LogP contribution in [0.2, 0.25) is 0 Å². The van der Waals surface area contributed by atoms with Crippen molar-refractivity contribution in [3.8, 4) is 5.75 Å². The van der Waals surface area contributed by atoms with Crippen LogP contribution in [0.5, 0.6) is 5.75 Å². The summed E-state index contributed by atoms with van der Waals surface area (Å²) in [6.45, 7) is 2.70. The van der Waals surface area contributed by atoms with Gasteiger partial charge >= 0.3 is 0 Å². The summed E-state index contributed by atoms with van der Waals surface area (Å²) in [7, 11) is 3.36. The van der Waals surface area contributed by atoms with Gasteiger partial charge in [-0.25, -0.2) is 9.37 Å². The van der Waals surface area contributed by atoms with Crippen LogP contribution in [0.15, 0.2) is 30.6 Å². The monoisotopic (exact) mass is 263 g/mol. The van der Waals surface area contributed by atoms with E-state index in [1.54, 1.807) is 24.4 Å². The Hall–Kier alpha value is -1.88. The molecule has 1 unspecified atom stereocenters. The fourth-order valence-electron chi connectivity index (χ4n) is 2.11. The van der Waals surface area contributed by atoms with Crippen LogP contribution < -0.4 is 10.1 Å². The molecule has 0 aliphatic carbocycles. The normalized spacial score (nSPS) is 12.4. The standard InChI is InChI=1S/C14H18FN3O/c1-4-16-13(14-17-8-9-18(14)2)10-6-5-7-11(19-3)12(10)15/h5-9,13,16H,4H2,1-3H3. The van der Waals surface area contributed by atoms with E-state index in [1.165, 1.54) is 7.11 Å². The van der Waals surface area contributed by atoms with Crippen LogP contribution in [0, 0.1) is 5.82 Å². The number of aryl methyl sites for hydroxylation is 1. The highest BCUT2D eigenvalue weighted by molar-refractivity contribution is 5.35. The minimum Gasteiger partial charge on any atom is -0.494 e. The highest BCUT2D eigenvalue weighted by Crippen LogP contribution is 2.28. The SMILES string of the molecule is CCNC(c1cccc(OC)c1F)c1nccn1C. The summed E-state index contributed by atoms with van der Waals surface area (Å²) < 4.78 is 21.3. The zero-order valence-corrected chi connectivity index (χ0v) is 11.4. The molecule has 0 aliphatic heterocycles. The summed E-state index contributed by atoms with van der Waals surface area (Å²) in [5.41, 5.74) is 0.538. The zero-order valence-electron chi connectivity index (χ0n) is 11.4. The van der Waals surface area contributed by atoms with E-state index in [0.29, 0.717) is 12.1 Å². The summed E-state index contributed by atoms with van der Waals surface area (Å²) >= 11 is 0. The van der Waals surface area contributed by atoms with Crippen molar-refractivity contribution in [2.75, 3.05) is 13.7 Å². The van der Waals surface area contributed by atoms with Gasteiger partial charge in [-0.3, -0.25) is 0 Å². The molecular weight excluding hydrogens is 245 g/mol. The second-order valence-corrected chi connectivity index (χ2v) is 4.25. The van der Waals surface area contributed by atoms with Crippen molar-refractivity contribution < 1.29 is 9.13 Å². The molecule has 1 heterocycles. The molecule has 0 fully saturated rings. The van der Waals surface area contributed by atoms with Crippen LogP contribution >= 0.6 is 0 Å². The van der Waals surface area contributed by atoms with Gasteiger partial charge in [0, 0.05) is 25.0 Å². The molecule has 102 valence electrons. The average Bonchev–Trinajstić information content (AvgIpc) is 2.83. The van der Waals surface area contributed by atoms with Gasteiger partial charge in [0.25, 0.3) is 0 Å². The van der Waals surface area contributed by atoms with Gasteiger partial charge in [-0.05, 0) is 12.6 Å². The molecule has 1 aromatic heterocycles. The predicted octanol–water partition coefficient (Wildman–Crippen LogP) is 2.27. The van der Waals surface area contributed by atoms with Crippen molar-refractivity contribution in [1.29, 1.82) is 0 Å². The molecule has 0 amide bonds. The first kappa shape index (κ1) is 13.5. The smallest absolute Gasteiger partial charge is 0.170 e. The topological polar surface area (TPSA) is 39.1 Å². The van der Waals surface area contributed by atoms with E-state index >= 15 is 0 Å². The number of methoxy groups -OCH3 is 1. The van der Waals surface area contributed by atoms with Gasteiger partial charge in [0.15, 0.2) is 11.6 Å². The van der Waals surface area contributed by atoms with Crippen LogP contribution in [0.4, 0.5) is 4.39 Å².